The maximum Gasteiger partial charge on any atom is 0.0346 e. The Morgan fingerprint density at radius 1 is 0.459 bits per heavy atom. The first-order valence-corrected chi connectivity index (χ1v) is 12.7. The minimum atomic E-state index is 1.14. The van der Waals surface area contributed by atoms with E-state index in [0.29, 0.717) is 0 Å². The number of benzene rings is 6. The Hall–Kier alpha value is -4.75. The minimum Gasteiger partial charge on any atom is -0.264 e. The molecule has 7 rings (SSSR count). The standard InChI is InChI=1S/C36H25N/c1-24-29(28-12-9-21-37-23-28)17-8-18-30(24)36-33-15-6-4-13-31(33)35(32-14-5-7-16-34(32)36)27-20-19-25-10-2-3-11-26(25)22-27/h2-23H,1H3. The number of hydrogen-bond acceptors (Lipinski definition) is 1. The van der Waals surface area contributed by atoms with E-state index in [-0.39, 0.29) is 0 Å². The summed E-state index contributed by atoms with van der Waals surface area (Å²) < 4.78 is 0. The van der Waals surface area contributed by atoms with Gasteiger partial charge in [0.1, 0.15) is 0 Å². The van der Waals surface area contributed by atoms with Crippen LogP contribution in [0, 0.1) is 6.92 Å². The van der Waals surface area contributed by atoms with Gasteiger partial charge < -0.3 is 0 Å². The lowest BCUT2D eigenvalue weighted by Gasteiger charge is -2.20. The quantitative estimate of drug-likeness (QED) is 0.234. The molecule has 0 fully saturated rings. The highest BCUT2D eigenvalue weighted by atomic mass is 14.6. The number of aromatic nitrogens is 1. The summed E-state index contributed by atoms with van der Waals surface area (Å²) >= 11 is 0. The van der Waals surface area contributed by atoms with Crippen LogP contribution >= 0.6 is 0 Å². The molecule has 0 amide bonds. The van der Waals surface area contributed by atoms with Crippen LogP contribution in [-0.2, 0) is 0 Å². The molecule has 0 radical (unpaired) electrons. The normalized spacial score (nSPS) is 11.4. The Bertz CT molecular complexity index is 1880. The molecule has 0 spiro atoms. The first kappa shape index (κ1) is 21.5. The van der Waals surface area contributed by atoms with Crippen LogP contribution in [0.3, 0.4) is 0 Å². The van der Waals surface area contributed by atoms with Gasteiger partial charge in [-0.1, -0.05) is 109 Å². The van der Waals surface area contributed by atoms with Gasteiger partial charge >= 0.3 is 0 Å². The Morgan fingerprint density at radius 3 is 1.76 bits per heavy atom. The molecule has 0 bridgehead atoms. The molecule has 0 unspecified atom stereocenters. The molecule has 37 heavy (non-hydrogen) atoms. The molecule has 0 N–H and O–H groups in total. The van der Waals surface area contributed by atoms with Gasteiger partial charge in [0, 0.05) is 18.0 Å². The van der Waals surface area contributed by atoms with E-state index in [2.05, 4.69) is 127 Å². The van der Waals surface area contributed by atoms with Gasteiger partial charge in [0.05, 0.1) is 0 Å². The van der Waals surface area contributed by atoms with Crippen LogP contribution in [0.4, 0.5) is 0 Å². The Balaban J connectivity index is 1.58. The van der Waals surface area contributed by atoms with Gasteiger partial charge in [-0.3, -0.25) is 4.98 Å². The third-order valence-corrected chi connectivity index (χ3v) is 7.55. The number of pyridine rings is 1. The topological polar surface area (TPSA) is 12.9 Å². The van der Waals surface area contributed by atoms with Crippen molar-refractivity contribution in [1.82, 2.24) is 4.98 Å². The van der Waals surface area contributed by atoms with Crippen molar-refractivity contribution in [3.63, 3.8) is 0 Å². The SMILES string of the molecule is Cc1c(-c2cccnc2)cccc1-c1c2ccccc2c(-c2ccc3ccccc3c2)c2ccccc12. The van der Waals surface area contributed by atoms with E-state index < -0.39 is 0 Å². The molecule has 1 heterocycles. The molecule has 0 atom stereocenters. The van der Waals surface area contributed by atoms with Gasteiger partial charge in [-0.15, -0.1) is 0 Å². The maximum atomic E-state index is 4.37. The number of rotatable bonds is 3. The van der Waals surface area contributed by atoms with Crippen molar-refractivity contribution in [3.05, 3.63) is 139 Å². The number of fused-ring (bicyclic) bond motifs is 3. The molecule has 0 aliphatic rings. The van der Waals surface area contributed by atoms with E-state index in [1.807, 2.05) is 18.5 Å². The van der Waals surface area contributed by atoms with Crippen LogP contribution in [0.1, 0.15) is 5.56 Å². The Morgan fingerprint density at radius 2 is 1.08 bits per heavy atom. The summed E-state index contributed by atoms with van der Waals surface area (Å²) in [5, 5.41) is 7.62. The van der Waals surface area contributed by atoms with Crippen LogP contribution in [-0.4, -0.2) is 4.98 Å². The molecule has 0 aliphatic heterocycles. The predicted molar refractivity (Wildman–Crippen MR) is 158 cm³/mol. The average Bonchev–Trinajstić information content (AvgIpc) is 2.96. The second-order valence-electron chi connectivity index (χ2n) is 9.62. The molecule has 7 aromatic rings. The van der Waals surface area contributed by atoms with Crippen molar-refractivity contribution in [2.24, 2.45) is 0 Å². The zero-order valence-electron chi connectivity index (χ0n) is 20.6. The monoisotopic (exact) mass is 471 g/mol. The van der Waals surface area contributed by atoms with Crippen molar-refractivity contribution >= 4 is 32.3 Å². The molecule has 1 heteroatoms. The van der Waals surface area contributed by atoms with Crippen LogP contribution in [0.25, 0.3) is 65.7 Å². The largest absolute Gasteiger partial charge is 0.264 e. The summed E-state index contributed by atoms with van der Waals surface area (Å²) in [7, 11) is 0. The Labute approximate surface area is 216 Å². The summed E-state index contributed by atoms with van der Waals surface area (Å²) in [5.41, 5.74) is 8.72. The maximum absolute atomic E-state index is 4.37. The van der Waals surface area contributed by atoms with E-state index in [9.17, 15) is 0 Å². The molecule has 1 aromatic heterocycles. The fourth-order valence-electron chi connectivity index (χ4n) is 5.82. The summed E-state index contributed by atoms with van der Waals surface area (Å²) in [6.07, 6.45) is 3.78. The fourth-order valence-corrected chi connectivity index (χ4v) is 5.82. The number of nitrogens with zero attached hydrogens (tertiary/aromatic N) is 1. The minimum absolute atomic E-state index is 1.14. The van der Waals surface area contributed by atoms with Crippen molar-refractivity contribution in [2.75, 3.05) is 0 Å². The molecule has 0 saturated carbocycles. The molecule has 6 aromatic carbocycles. The van der Waals surface area contributed by atoms with Crippen LogP contribution < -0.4 is 0 Å². The molecule has 174 valence electrons. The van der Waals surface area contributed by atoms with Gasteiger partial charge in [-0.2, -0.15) is 0 Å². The van der Waals surface area contributed by atoms with Crippen molar-refractivity contribution in [3.8, 4) is 33.4 Å². The van der Waals surface area contributed by atoms with E-state index >= 15 is 0 Å². The zero-order chi connectivity index (χ0) is 24.8. The first-order chi connectivity index (χ1) is 18.3. The first-order valence-electron chi connectivity index (χ1n) is 12.7. The molecule has 1 nitrogen and oxygen atoms in total. The van der Waals surface area contributed by atoms with Gasteiger partial charge in [-0.25, -0.2) is 0 Å². The van der Waals surface area contributed by atoms with Crippen LogP contribution in [0.15, 0.2) is 134 Å². The lowest BCUT2D eigenvalue weighted by molar-refractivity contribution is 1.32. The highest BCUT2D eigenvalue weighted by molar-refractivity contribution is 6.22. The average molecular weight is 472 g/mol. The molecule has 0 saturated heterocycles. The summed E-state index contributed by atoms with van der Waals surface area (Å²) in [6.45, 7) is 2.23. The van der Waals surface area contributed by atoms with Gasteiger partial charge in [-0.05, 0) is 84.8 Å². The van der Waals surface area contributed by atoms with Gasteiger partial charge in [0.2, 0.25) is 0 Å². The zero-order valence-corrected chi connectivity index (χ0v) is 20.6. The van der Waals surface area contributed by atoms with Crippen LogP contribution in [0.2, 0.25) is 0 Å². The van der Waals surface area contributed by atoms with E-state index in [4.69, 9.17) is 0 Å². The highest BCUT2D eigenvalue weighted by Crippen LogP contribution is 2.45. The Kier molecular flexibility index (Phi) is 5.08. The van der Waals surface area contributed by atoms with Crippen molar-refractivity contribution in [2.45, 2.75) is 6.92 Å². The lowest BCUT2D eigenvalue weighted by atomic mass is 9.83. The molecular formula is C36H25N. The lowest BCUT2D eigenvalue weighted by Crippen LogP contribution is -1.94. The second kappa shape index (κ2) is 8.72. The predicted octanol–water partition coefficient (Wildman–Crippen LogP) is 9.85. The highest BCUT2D eigenvalue weighted by Gasteiger charge is 2.18. The summed E-state index contributed by atoms with van der Waals surface area (Å²) in [6, 6.07) is 43.9. The van der Waals surface area contributed by atoms with E-state index in [1.165, 1.54) is 65.7 Å². The summed E-state index contributed by atoms with van der Waals surface area (Å²) in [5.74, 6) is 0. The third-order valence-electron chi connectivity index (χ3n) is 7.55. The fraction of sp³-hybridized carbons (Fsp3) is 0.0278. The molecule has 0 aliphatic carbocycles. The third kappa shape index (κ3) is 3.51. The van der Waals surface area contributed by atoms with Crippen LogP contribution in [0.5, 0.6) is 0 Å². The van der Waals surface area contributed by atoms with Crippen molar-refractivity contribution in [1.29, 1.82) is 0 Å². The van der Waals surface area contributed by atoms with Gasteiger partial charge in [0.15, 0.2) is 0 Å². The van der Waals surface area contributed by atoms with E-state index in [1.54, 1.807) is 0 Å². The smallest absolute Gasteiger partial charge is 0.0346 e. The molecular weight excluding hydrogens is 446 g/mol. The number of hydrogen-bond donors (Lipinski definition) is 0. The van der Waals surface area contributed by atoms with Crippen molar-refractivity contribution < 1.29 is 0 Å². The second-order valence-corrected chi connectivity index (χ2v) is 9.62. The van der Waals surface area contributed by atoms with Gasteiger partial charge in [0.25, 0.3) is 0 Å². The van der Waals surface area contributed by atoms with E-state index in [0.717, 1.165) is 5.56 Å². The summed E-state index contributed by atoms with van der Waals surface area (Å²) in [4.78, 5) is 4.37.